The minimum atomic E-state index is -1.15. The number of benzene rings is 2. The number of hydrogen-bond acceptors (Lipinski definition) is 8. The minimum Gasteiger partial charge on any atom is -0.493 e. The van der Waals surface area contributed by atoms with Crippen LogP contribution in [0.3, 0.4) is 0 Å². The molecule has 10 heteroatoms. The van der Waals surface area contributed by atoms with Gasteiger partial charge >= 0.3 is 0 Å². The van der Waals surface area contributed by atoms with Crippen LogP contribution in [0.15, 0.2) is 42.0 Å². The summed E-state index contributed by atoms with van der Waals surface area (Å²) in [7, 11) is 2.99. The van der Waals surface area contributed by atoms with E-state index in [0.29, 0.717) is 28.3 Å². The zero-order valence-electron chi connectivity index (χ0n) is 16.3. The van der Waals surface area contributed by atoms with Crippen molar-refractivity contribution in [2.24, 2.45) is 0 Å². The molecular formula is C20H17N3O7. The van der Waals surface area contributed by atoms with Crippen molar-refractivity contribution in [3.8, 4) is 11.5 Å². The number of ether oxygens (including phenoxy) is 2. The van der Waals surface area contributed by atoms with Gasteiger partial charge in [-0.05, 0) is 31.2 Å². The van der Waals surface area contributed by atoms with Gasteiger partial charge in [-0.25, -0.2) is 4.90 Å². The molecule has 2 heterocycles. The highest BCUT2D eigenvalue weighted by molar-refractivity contribution is 6.33. The predicted octanol–water partition coefficient (Wildman–Crippen LogP) is 2.11. The van der Waals surface area contributed by atoms with E-state index in [1.807, 2.05) is 0 Å². The number of nitro groups is 1. The summed E-state index contributed by atoms with van der Waals surface area (Å²) < 4.78 is 10.5. The number of methoxy groups -OCH3 is 2. The normalized spacial score (nSPS) is 17.8. The molecule has 1 N–H and O–H groups in total. The molecule has 4 rings (SSSR count). The average molecular weight is 411 g/mol. The van der Waals surface area contributed by atoms with Crippen molar-refractivity contribution >= 4 is 28.9 Å². The Morgan fingerprint density at radius 3 is 2.50 bits per heavy atom. The molecule has 1 atom stereocenters. The molecule has 0 unspecified atom stereocenters. The lowest BCUT2D eigenvalue weighted by Gasteiger charge is -2.16. The second-order valence-electron chi connectivity index (χ2n) is 6.67. The van der Waals surface area contributed by atoms with Crippen LogP contribution in [0.25, 0.3) is 5.70 Å². The van der Waals surface area contributed by atoms with Gasteiger partial charge in [-0.15, -0.1) is 0 Å². The molecule has 2 aromatic carbocycles. The maximum absolute atomic E-state index is 13.1. The fraction of sp³-hybridized carbons (Fsp3) is 0.200. The first kappa shape index (κ1) is 19.4. The molecule has 0 spiro atoms. The monoisotopic (exact) mass is 411 g/mol. The lowest BCUT2D eigenvalue weighted by Crippen LogP contribution is -2.34. The first-order chi connectivity index (χ1) is 14.4. The Balaban J connectivity index is 1.78. The van der Waals surface area contributed by atoms with Crippen molar-refractivity contribution in [3.05, 3.63) is 63.2 Å². The third-order valence-corrected chi connectivity index (χ3v) is 5.01. The van der Waals surface area contributed by atoms with E-state index in [4.69, 9.17) is 14.3 Å². The van der Waals surface area contributed by atoms with Gasteiger partial charge in [0.15, 0.2) is 17.6 Å². The molecule has 2 aliphatic heterocycles. The Morgan fingerprint density at radius 2 is 1.83 bits per heavy atom. The van der Waals surface area contributed by atoms with Crippen LogP contribution in [0.1, 0.15) is 11.1 Å². The van der Waals surface area contributed by atoms with E-state index in [1.165, 1.54) is 32.4 Å². The number of rotatable bonds is 5. The quantitative estimate of drug-likeness (QED) is 0.451. The molecule has 2 amide bonds. The number of imide groups is 1. The lowest BCUT2D eigenvalue weighted by molar-refractivity contribution is -0.385. The molecule has 30 heavy (non-hydrogen) atoms. The van der Waals surface area contributed by atoms with Crippen molar-refractivity contribution in [1.29, 1.82) is 0 Å². The van der Waals surface area contributed by atoms with E-state index < -0.39 is 22.8 Å². The zero-order valence-corrected chi connectivity index (χ0v) is 16.3. The van der Waals surface area contributed by atoms with Crippen LogP contribution >= 0.6 is 0 Å². The van der Waals surface area contributed by atoms with Gasteiger partial charge in [-0.1, -0.05) is 6.07 Å². The maximum Gasteiger partial charge on any atom is 0.274 e. The summed E-state index contributed by atoms with van der Waals surface area (Å²) >= 11 is 0. The number of nitrogens with one attached hydrogen (secondary N) is 1. The minimum absolute atomic E-state index is 0.111. The number of carbonyl (C=O) groups is 2. The Bertz CT molecular complexity index is 1130. The van der Waals surface area contributed by atoms with Gasteiger partial charge in [-0.2, -0.15) is 0 Å². The van der Waals surface area contributed by atoms with E-state index in [9.17, 15) is 19.7 Å². The molecule has 0 bridgehead atoms. The number of aryl methyl sites for hydroxylation is 1. The first-order valence-electron chi connectivity index (χ1n) is 8.89. The number of hydrogen-bond donors (Lipinski definition) is 1. The molecule has 0 saturated carbocycles. The number of fused-ring (bicyclic) bond motifs is 1. The second-order valence-corrected chi connectivity index (χ2v) is 6.67. The van der Waals surface area contributed by atoms with Gasteiger partial charge in [-0.3, -0.25) is 30.0 Å². The van der Waals surface area contributed by atoms with Crippen LogP contribution < -0.4 is 19.9 Å². The lowest BCUT2D eigenvalue weighted by atomic mass is 10.0. The fourth-order valence-electron chi connectivity index (χ4n) is 3.48. The topological polar surface area (TPSA) is 120 Å². The van der Waals surface area contributed by atoms with Gasteiger partial charge in [0.25, 0.3) is 17.5 Å². The van der Waals surface area contributed by atoms with Crippen LogP contribution in [0.2, 0.25) is 0 Å². The molecular weight excluding hydrogens is 394 g/mol. The Labute approximate surface area is 170 Å². The Kier molecular flexibility index (Phi) is 4.63. The van der Waals surface area contributed by atoms with Crippen LogP contribution in [0, 0.1) is 17.0 Å². The van der Waals surface area contributed by atoms with Crippen LogP contribution in [0.5, 0.6) is 11.5 Å². The number of hydroxylamine groups is 1. The smallest absolute Gasteiger partial charge is 0.274 e. The fourth-order valence-corrected chi connectivity index (χ4v) is 3.48. The third kappa shape index (κ3) is 2.85. The second kappa shape index (κ2) is 7.16. The van der Waals surface area contributed by atoms with Gasteiger partial charge in [0.1, 0.15) is 0 Å². The molecule has 10 nitrogen and oxygen atoms in total. The van der Waals surface area contributed by atoms with Crippen molar-refractivity contribution in [1.82, 2.24) is 5.48 Å². The van der Waals surface area contributed by atoms with Crippen molar-refractivity contribution in [2.45, 2.75) is 13.0 Å². The first-order valence-corrected chi connectivity index (χ1v) is 8.89. The predicted molar refractivity (Wildman–Crippen MR) is 105 cm³/mol. The highest BCUT2D eigenvalue weighted by Gasteiger charge is 2.51. The average Bonchev–Trinajstić information content (AvgIpc) is 3.28. The van der Waals surface area contributed by atoms with Crippen LogP contribution in [-0.4, -0.2) is 37.1 Å². The highest BCUT2D eigenvalue weighted by atomic mass is 16.7. The summed E-state index contributed by atoms with van der Waals surface area (Å²) in [6, 6.07) is 9.19. The molecule has 1 fully saturated rings. The Hall–Kier alpha value is -3.92. The SMILES string of the molecule is COc1ccc(C2=C3C(=O)N(c4ccc(C)c([N+](=O)[O-])c4)C(=O)[C@H]3ON2)cc1OC. The number of anilines is 1. The van der Waals surface area contributed by atoms with E-state index in [0.717, 1.165) is 4.90 Å². The summed E-state index contributed by atoms with van der Waals surface area (Å²) in [5.74, 6) is -0.296. The summed E-state index contributed by atoms with van der Waals surface area (Å²) in [6.07, 6.45) is -1.15. The van der Waals surface area contributed by atoms with Gasteiger partial charge in [0, 0.05) is 17.2 Å². The molecule has 0 aromatic heterocycles. The number of amides is 2. The van der Waals surface area contributed by atoms with Crippen LogP contribution in [-0.2, 0) is 14.4 Å². The largest absolute Gasteiger partial charge is 0.493 e. The molecule has 154 valence electrons. The van der Waals surface area contributed by atoms with Crippen molar-refractivity contribution < 1.29 is 28.8 Å². The summed E-state index contributed by atoms with van der Waals surface area (Å²) in [6.45, 7) is 1.58. The zero-order chi connectivity index (χ0) is 21.6. The van der Waals surface area contributed by atoms with E-state index in [2.05, 4.69) is 5.48 Å². The molecule has 0 radical (unpaired) electrons. The highest BCUT2D eigenvalue weighted by Crippen LogP contribution is 2.39. The summed E-state index contributed by atoms with van der Waals surface area (Å²) in [4.78, 5) is 42.9. The standard InChI is InChI=1S/C20H17N3O7/c1-10-4-6-12(9-13(10)23(26)27)22-19(24)16-17(21-30-18(16)20(22)25)11-5-7-14(28-2)15(8-11)29-3/h4-9,18,21H,1-3H3/t18-/m0/s1. The van der Waals surface area contributed by atoms with Gasteiger partial charge in [0.2, 0.25) is 0 Å². The van der Waals surface area contributed by atoms with Crippen LogP contribution in [0.4, 0.5) is 11.4 Å². The van der Waals surface area contributed by atoms with E-state index in [-0.39, 0.29) is 16.9 Å². The number of carbonyl (C=O) groups excluding carboxylic acids is 2. The van der Waals surface area contributed by atoms with Gasteiger partial charge < -0.3 is 9.47 Å². The summed E-state index contributed by atoms with van der Waals surface area (Å²) in [5.41, 5.74) is 3.99. The van der Waals surface area contributed by atoms with Crippen molar-refractivity contribution in [3.63, 3.8) is 0 Å². The molecule has 1 saturated heterocycles. The number of nitrogens with zero attached hydrogens (tertiary/aromatic N) is 2. The van der Waals surface area contributed by atoms with E-state index >= 15 is 0 Å². The molecule has 2 aliphatic rings. The summed E-state index contributed by atoms with van der Waals surface area (Å²) in [5, 5.41) is 11.2. The molecule has 0 aliphatic carbocycles. The number of nitro benzene ring substituents is 1. The van der Waals surface area contributed by atoms with Crippen molar-refractivity contribution in [2.75, 3.05) is 19.1 Å². The molecule has 2 aromatic rings. The third-order valence-electron chi connectivity index (χ3n) is 5.01. The Morgan fingerprint density at radius 1 is 1.10 bits per heavy atom. The van der Waals surface area contributed by atoms with E-state index in [1.54, 1.807) is 25.1 Å². The van der Waals surface area contributed by atoms with Gasteiger partial charge in [0.05, 0.1) is 36.1 Å². The maximum atomic E-state index is 13.1.